The van der Waals surface area contributed by atoms with Crippen molar-refractivity contribution < 1.29 is 14.2 Å². The van der Waals surface area contributed by atoms with Crippen molar-refractivity contribution in [3.8, 4) is 0 Å². The van der Waals surface area contributed by atoms with E-state index in [0.717, 1.165) is 5.69 Å². The van der Waals surface area contributed by atoms with E-state index in [4.69, 9.17) is 9.84 Å². The Bertz CT molecular complexity index is 305. The monoisotopic (exact) mass is 228 g/mol. The number of methoxy groups -OCH3 is 1. The van der Waals surface area contributed by atoms with E-state index in [1.165, 1.54) is 12.3 Å². The van der Waals surface area contributed by atoms with Crippen LogP contribution in [0.1, 0.15) is 18.7 Å². The van der Waals surface area contributed by atoms with Gasteiger partial charge in [0.25, 0.3) is 0 Å². The lowest BCUT2D eigenvalue weighted by molar-refractivity contribution is 0.123. The van der Waals surface area contributed by atoms with Crippen LogP contribution in [0.25, 0.3) is 0 Å². The van der Waals surface area contributed by atoms with Crippen molar-refractivity contribution in [1.82, 2.24) is 10.3 Å². The summed E-state index contributed by atoms with van der Waals surface area (Å²) in [6, 6.07) is 2.78. The summed E-state index contributed by atoms with van der Waals surface area (Å²) < 4.78 is 17.6. The summed E-state index contributed by atoms with van der Waals surface area (Å²) in [4.78, 5) is 3.97. The van der Waals surface area contributed by atoms with Crippen molar-refractivity contribution in [3.05, 3.63) is 29.8 Å². The number of nitrogens with one attached hydrogen (secondary N) is 1. The standard InChI is InChI=1S/C11H17FN2O2/c1-8(14-10(6-15)7-16-2)11-4-3-9(12)5-13-11/h3-5,8,10,14-15H,6-7H2,1-2H3. The highest BCUT2D eigenvalue weighted by molar-refractivity contribution is 5.09. The first-order chi connectivity index (χ1) is 7.67. The molecule has 0 aliphatic heterocycles. The number of pyridine rings is 1. The summed E-state index contributed by atoms with van der Waals surface area (Å²) in [6.45, 7) is 2.31. The number of halogens is 1. The van der Waals surface area contributed by atoms with Gasteiger partial charge in [0.15, 0.2) is 0 Å². The minimum absolute atomic E-state index is 0.0145. The summed E-state index contributed by atoms with van der Waals surface area (Å²) in [7, 11) is 1.57. The molecule has 0 radical (unpaired) electrons. The maximum Gasteiger partial charge on any atom is 0.141 e. The van der Waals surface area contributed by atoms with E-state index in [1.54, 1.807) is 13.2 Å². The molecular weight excluding hydrogens is 211 g/mol. The van der Waals surface area contributed by atoms with Gasteiger partial charge < -0.3 is 15.2 Å². The Balaban J connectivity index is 2.56. The van der Waals surface area contributed by atoms with Gasteiger partial charge in [-0.25, -0.2) is 4.39 Å². The van der Waals surface area contributed by atoms with Crippen molar-refractivity contribution in [2.24, 2.45) is 0 Å². The number of hydrogen-bond donors (Lipinski definition) is 2. The Morgan fingerprint density at radius 1 is 1.56 bits per heavy atom. The van der Waals surface area contributed by atoms with E-state index in [9.17, 15) is 4.39 Å². The molecule has 0 amide bonds. The summed E-state index contributed by atoms with van der Waals surface area (Å²) in [5.41, 5.74) is 0.732. The number of nitrogens with zero attached hydrogens (tertiary/aromatic N) is 1. The molecule has 90 valence electrons. The van der Waals surface area contributed by atoms with E-state index in [-0.39, 0.29) is 24.5 Å². The minimum Gasteiger partial charge on any atom is -0.395 e. The zero-order chi connectivity index (χ0) is 12.0. The maximum atomic E-state index is 12.7. The molecule has 1 rings (SSSR count). The van der Waals surface area contributed by atoms with E-state index < -0.39 is 0 Å². The first kappa shape index (κ1) is 13.0. The van der Waals surface area contributed by atoms with Gasteiger partial charge in [0.2, 0.25) is 0 Å². The molecule has 2 unspecified atom stereocenters. The van der Waals surface area contributed by atoms with Gasteiger partial charge in [-0.2, -0.15) is 0 Å². The van der Waals surface area contributed by atoms with Gasteiger partial charge in [-0.1, -0.05) is 0 Å². The third-order valence-corrected chi connectivity index (χ3v) is 2.27. The summed E-state index contributed by atoms with van der Waals surface area (Å²) in [6.07, 6.45) is 1.18. The highest BCUT2D eigenvalue weighted by atomic mass is 19.1. The van der Waals surface area contributed by atoms with E-state index in [0.29, 0.717) is 6.61 Å². The molecule has 0 saturated heterocycles. The third-order valence-electron chi connectivity index (χ3n) is 2.27. The number of aliphatic hydroxyl groups excluding tert-OH is 1. The SMILES string of the molecule is COCC(CO)NC(C)c1ccc(F)cn1. The fourth-order valence-electron chi connectivity index (χ4n) is 1.44. The normalized spacial score (nSPS) is 14.8. The van der Waals surface area contributed by atoms with Gasteiger partial charge in [0.05, 0.1) is 31.1 Å². The average molecular weight is 228 g/mol. The van der Waals surface area contributed by atoms with Crippen LogP contribution in [0.15, 0.2) is 18.3 Å². The second kappa shape index (κ2) is 6.52. The minimum atomic E-state index is -0.355. The second-order valence-electron chi connectivity index (χ2n) is 3.62. The van der Waals surface area contributed by atoms with Crippen LogP contribution in [0.3, 0.4) is 0 Å². The van der Waals surface area contributed by atoms with Crippen LogP contribution in [0.5, 0.6) is 0 Å². The van der Waals surface area contributed by atoms with Crippen LogP contribution in [-0.2, 0) is 4.74 Å². The van der Waals surface area contributed by atoms with E-state index in [1.807, 2.05) is 6.92 Å². The Kier molecular flexibility index (Phi) is 5.31. The lowest BCUT2D eigenvalue weighted by Crippen LogP contribution is -2.38. The van der Waals surface area contributed by atoms with E-state index >= 15 is 0 Å². The van der Waals surface area contributed by atoms with Gasteiger partial charge >= 0.3 is 0 Å². The number of aromatic nitrogens is 1. The molecule has 2 atom stereocenters. The van der Waals surface area contributed by atoms with Gasteiger partial charge in [-0.05, 0) is 19.1 Å². The maximum absolute atomic E-state index is 12.7. The van der Waals surface area contributed by atoms with Crippen molar-refractivity contribution in [2.45, 2.75) is 19.0 Å². The topological polar surface area (TPSA) is 54.4 Å². The zero-order valence-corrected chi connectivity index (χ0v) is 9.48. The predicted molar refractivity (Wildman–Crippen MR) is 58.5 cm³/mol. The van der Waals surface area contributed by atoms with Gasteiger partial charge in [-0.15, -0.1) is 0 Å². The molecule has 1 aromatic heterocycles. The third kappa shape index (κ3) is 3.84. The highest BCUT2D eigenvalue weighted by Gasteiger charge is 2.13. The molecule has 0 spiro atoms. The van der Waals surface area contributed by atoms with E-state index in [2.05, 4.69) is 10.3 Å². The Labute approximate surface area is 94.5 Å². The number of rotatable bonds is 6. The number of ether oxygens (including phenoxy) is 1. The predicted octanol–water partition coefficient (Wildman–Crippen LogP) is 0.879. The first-order valence-electron chi connectivity index (χ1n) is 5.14. The van der Waals surface area contributed by atoms with Gasteiger partial charge in [-0.3, -0.25) is 4.98 Å². The largest absolute Gasteiger partial charge is 0.395 e. The van der Waals surface area contributed by atoms with Gasteiger partial charge in [0.1, 0.15) is 5.82 Å². The molecule has 4 nitrogen and oxygen atoms in total. The van der Waals surface area contributed by atoms with Crippen LogP contribution < -0.4 is 5.32 Å². The number of hydrogen-bond acceptors (Lipinski definition) is 4. The fraction of sp³-hybridized carbons (Fsp3) is 0.545. The molecule has 0 fully saturated rings. The molecule has 0 aromatic carbocycles. The number of aliphatic hydroxyl groups is 1. The van der Waals surface area contributed by atoms with Crippen LogP contribution in [0, 0.1) is 5.82 Å². The van der Waals surface area contributed by atoms with Crippen molar-refractivity contribution >= 4 is 0 Å². The molecular formula is C11H17FN2O2. The molecule has 0 saturated carbocycles. The lowest BCUT2D eigenvalue weighted by atomic mass is 10.2. The smallest absolute Gasteiger partial charge is 0.141 e. The first-order valence-corrected chi connectivity index (χ1v) is 5.14. The Morgan fingerprint density at radius 3 is 2.81 bits per heavy atom. The Morgan fingerprint density at radius 2 is 2.31 bits per heavy atom. The van der Waals surface area contributed by atoms with Crippen molar-refractivity contribution in [2.75, 3.05) is 20.3 Å². The lowest BCUT2D eigenvalue weighted by Gasteiger charge is -2.20. The highest BCUT2D eigenvalue weighted by Crippen LogP contribution is 2.10. The van der Waals surface area contributed by atoms with Crippen molar-refractivity contribution in [1.29, 1.82) is 0 Å². The second-order valence-corrected chi connectivity index (χ2v) is 3.62. The van der Waals surface area contributed by atoms with Crippen molar-refractivity contribution in [3.63, 3.8) is 0 Å². The molecule has 0 aliphatic rings. The fourth-order valence-corrected chi connectivity index (χ4v) is 1.44. The quantitative estimate of drug-likeness (QED) is 0.759. The van der Waals surface area contributed by atoms with Crippen LogP contribution >= 0.6 is 0 Å². The van der Waals surface area contributed by atoms with Gasteiger partial charge in [0, 0.05) is 13.2 Å². The molecule has 0 bridgehead atoms. The Hall–Kier alpha value is -1.04. The molecule has 0 aliphatic carbocycles. The molecule has 1 heterocycles. The summed E-state index contributed by atoms with van der Waals surface area (Å²) in [5.74, 6) is -0.355. The summed E-state index contributed by atoms with van der Waals surface area (Å²) >= 11 is 0. The molecule has 2 N–H and O–H groups in total. The van der Waals surface area contributed by atoms with Crippen LogP contribution in [0.2, 0.25) is 0 Å². The van der Waals surface area contributed by atoms with Crippen LogP contribution in [0.4, 0.5) is 4.39 Å². The molecule has 16 heavy (non-hydrogen) atoms. The van der Waals surface area contributed by atoms with Crippen LogP contribution in [-0.4, -0.2) is 36.5 Å². The summed E-state index contributed by atoms with van der Waals surface area (Å²) in [5, 5.41) is 12.2. The average Bonchev–Trinajstić information content (AvgIpc) is 2.29. The zero-order valence-electron chi connectivity index (χ0n) is 9.48. The molecule has 5 heteroatoms. The molecule has 1 aromatic rings.